The normalized spacial score (nSPS) is 14.7. The first-order valence-electron chi connectivity index (χ1n) is 13.5. The van der Waals surface area contributed by atoms with E-state index in [1.807, 2.05) is 30.3 Å². The molecule has 1 atom stereocenters. The van der Waals surface area contributed by atoms with Crippen LogP contribution in [0, 0.1) is 0 Å². The molecule has 1 saturated heterocycles. The fourth-order valence-electron chi connectivity index (χ4n) is 5.46. The van der Waals surface area contributed by atoms with Crippen molar-refractivity contribution in [2.45, 2.75) is 38.8 Å². The molecule has 0 aliphatic carbocycles. The Kier molecular flexibility index (Phi) is 7.17. The van der Waals surface area contributed by atoms with E-state index in [2.05, 4.69) is 66.4 Å². The molecule has 1 N–H and O–H groups in total. The monoisotopic (exact) mass is 519 g/mol. The highest BCUT2D eigenvalue weighted by molar-refractivity contribution is 7.22. The standard InChI is InChI=1S/C34H33NO2S/c1-24(27-11-9-25(10-12-27)22-35-19-5-6-20-35)33-31-18-17-30(37-23-26-7-3-2-4-8-26)21-32(31)38-34(33)28-13-15-29(36)16-14-28/h2-4,7-18,21,24,36H,5-6,19-20,22-23H2,1H3. The predicted molar refractivity (Wildman–Crippen MR) is 158 cm³/mol. The number of aromatic hydroxyl groups is 1. The number of phenols is 1. The Labute approximate surface area is 229 Å². The van der Waals surface area contributed by atoms with Crippen LogP contribution in [0.15, 0.2) is 97.1 Å². The topological polar surface area (TPSA) is 32.7 Å². The highest BCUT2D eigenvalue weighted by atomic mass is 32.1. The molecule has 1 aliphatic rings. The van der Waals surface area contributed by atoms with Crippen molar-refractivity contribution in [2.24, 2.45) is 0 Å². The third kappa shape index (κ3) is 5.33. The Morgan fingerprint density at radius 1 is 0.842 bits per heavy atom. The number of benzene rings is 4. The van der Waals surface area contributed by atoms with Gasteiger partial charge in [0.25, 0.3) is 0 Å². The van der Waals surface area contributed by atoms with Gasteiger partial charge in [-0.05, 0) is 102 Å². The zero-order valence-electron chi connectivity index (χ0n) is 21.8. The smallest absolute Gasteiger partial charge is 0.121 e. The van der Waals surface area contributed by atoms with Crippen LogP contribution in [0.5, 0.6) is 11.5 Å². The van der Waals surface area contributed by atoms with Crippen molar-refractivity contribution < 1.29 is 9.84 Å². The van der Waals surface area contributed by atoms with Gasteiger partial charge in [0.1, 0.15) is 18.1 Å². The van der Waals surface area contributed by atoms with Crippen molar-refractivity contribution in [1.82, 2.24) is 4.90 Å². The average molecular weight is 520 g/mol. The van der Waals surface area contributed by atoms with E-state index in [0.717, 1.165) is 23.4 Å². The molecule has 1 aliphatic heterocycles. The minimum Gasteiger partial charge on any atom is -0.508 e. The second kappa shape index (κ2) is 11.0. The quantitative estimate of drug-likeness (QED) is 0.223. The second-order valence-corrected chi connectivity index (χ2v) is 11.3. The number of hydrogen-bond acceptors (Lipinski definition) is 4. The van der Waals surface area contributed by atoms with E-state index in [-0.39, 0.29) is 11.7 Å². The van der Waals surface area contributed by atoms with Gasteiger partial charge in [-0.15, -0.1) is 11.3 Å². The van der Waals surface area contributed by atoms with E-state index in [4.69, 9.17) is 4.74 Å². The molecular weight excluding hydrogens is 486 g/mol. The summed E-state index contributed by atoms with van der Waals surface area (Å²) in [6, 6.07) is 33.5. The summed E-state index contributed by atoms with van der Waals surface area (Å²) in [4.78, 5) is 3.79. The Bertz CT molecular complexity index is 1500. The fourth-order valence-corrected chi connectivity index (χ4v) is 6.80. The second-order valence-electron chi connectivity index (χ2n) is 10.3. The maximum Gasteiger partial charge on any atom is 0.121 e. The van der Waals surface area contributed by atoms with Gasteiger partial charge < -0.3 is 9.84 Å². The molecule has 6 rings (SSSR count). The van der Waals surface area contributed by atoms with Crippen LogP contribution < -0.4 is 4.74 Å². The Morgan fingerprint density at radius 2 is 1.58 bits per heavy atom. The van der Waals surface area contributed by atoms with Gasteiger partial charge in [0.2, 0.25) is 0 Å². The van der Waals surface area contributed by atoms with E-state index in [0.29, 0.717) is 6.61 Å². The van der Waals surface area contributed by atoms with Crippen LogP contribution in [0.25, 0.3) is 20.5 Å². The van der Waals surface area contributed by atoms with E-state index < -0.39 is 0 Å². The number of fused-ring (bicyclic) bond motifs is 1. The Balaban J connectivity index is 1.33. The highest BCUT2D eigenvalue weighted by Gasteiger charge is 2.21. The lowest BCUT2D eigenvalue weighted by atomic mass is 9.89. The van der Waals surface area contributed by atoms with Crippen LogP contribution >= 0.6 is 11.3 Å². The number of phenolic OH excluding ortho intramolecular Hbond substituents is 1. The largest absolute Gasteiger partial charge is 0.508 e. The van der Waals surface area contributed by atoms with Gasteiger partial charge in [-0.3, -0.25) is 4.90 Å². The summed E-state index contributed by atoms with van der Waals surface area (Å²) in [5.74, 6) is 1.39. The van der Waals surface area contributed by atoms with E-state index >= 15 is 0 Å². The number of ether oxygens (including phenoxy) is 1. The van der Waals surface area contributed by atoms with Crippen molar-refractivity contribution in [2.75, 3.05) is 13.1 Å². The third-order valence-corrected chi connectivity index (χ3v) is 8.81. The molecule has 4 heteroatoms. The predicted octanol–water partition coefficient (Wildman–Crippen LogP) is 8.60. The summed E-state index contributed by atoms with van der Waals surface area (Å²) in [5.41, 5.74) is 6.32. The third-order valence-electron chi connectivity index (χ3n) is 7.60. The van der Waals surface area contributed by atoms with Gasteiger partial charge in [0.15, 0.2) is 0 Å². The van der Waals surface area contributed by atoms with E-state index in [1.54, 1.807) is 23.5 Å². The van der Waals surface area contributed by atoms with Crippen LogP contribution in [0.1, 0.15) is 47.9 Å². The number of nitrogens with zero attached hydrogens (tertiary/aromatic N) is 1. The molecule has 2 heterocycles. The molecule has 0 amide bonds. The molecule has 1 aromatic heterocycles. The molecule has 3 nitrogen and oxygen atoms in total. The van der Waals surface area contributed by atoms with Crippen LogP contribution in [-0.4, -0.2) is 23.1 Å². The number of hydrogen-bond donors (Lipinski definition) is 1. The van der Waals surface area contributed by atoms with Gasteiger partial charge in [-0.1, -0.05) is 61.5 Å². The molecule has 0 saturated carbocycles. The van der Waals surface area contributed by atoms with Crippen molar-refractivity contribution in [3.63, 3.8) is 0 Å². The molecule has 192 valence electrons. The number of likely N-dealkylation sites (tertiary alicyclic amines) is 1. The van der Waals surface area contributed by atoms with Gasteiger partial charge in [-0.25, -0.2) is 0 Å². The summed E-state index contributed by atoms with van der Waals surface area (Å²) in [6.45, 7) is 6.33. The number of thiophene rings is 1. The SMILES string of the molecule is CC(c1ccc(CN2CCCC2)cc1)c1c(-c2ccc(O)cc2)sc2cc(OCc3ccccc3)ccc12. The molecule has 0 bridgehead atoms. The lowest BCUT2D eigenvalue weighted by Crippen LogP contribution is -2.18. The Morgan fingerprint density at radius 3 is 2.32 bits per heavy atom. The van der Waals surface area contributed by atoms with Crippen LogP contribution in [-0.2, 0) is 13.2 Å². The molecule has 0 radical (unpaired) electrons. The number of rotatable bonds is 8. The van der Waals surface area contributed by atoms with Crippen molar-refractivity contribution in [1.29, 1.82) is 0 Å². The first-order chi connectivity index (χ1) is 18.6. The minimum atomic E-state index is 0.226. The zero-order chi connectivity index (χ0) is 25.9. The molecule has 38 heavy (non-hydrogen) atoms. The lowest BCUT2D eigenvalue weighted by molar-refractivity contribution is 0.306. The van der Waals surface area contributed by atoms with Gasteiger partial charge in [0, 0.05) is 22.0 Å². The van der Waals surface area contributed by atoms with E-state index in [9.17, 15) is 5.11 Å². The molecule has 1 unspecified atom stereocenters. The van der Waals surface area contributed by atoms with Crippen molar-refractivity contribution >= 4 is 21.4 Å². The Hall–Kier alpha value is -3.60. The van der Waals surface area contributed by atoms with Crippen LogP contribution in [0.3, 0.4) is 0 Å². The minimum absolute atomic E-state index is 0.226. The maximum absolute atomic E-state index is 9.90. The summed E-state index contributed by atoms with van der Waals surface area (Å²) in [7, 11) is 0. The first kappa shape index (κ1) is 24.7. The molecule has 4 aromatic carbocycles. The summed E-state index contributed by atoms with van der Waals surface area (Å²) < 4.78 is 7.37. The first-order valence-corrected chi connectivity index (χ1v) is 14.3. The molecular formula is C34H33NO2S. The summed E-state index contributed by atoms with van der Waals surface area (Å²) in [5, 5.41) is 11.2. The molecule has 0 spiro atoms. The van der Waals surface area contributed by atoms with Gasteiger partial charge >= 0.3 is 0 Å². The fraction of sp³-hybridized carbons (Fsp3) is 0.235. The summed E-state index contributed by atoms with van der Waals surface area (Å²) in [6.07, 6.45) is 2.64. The molecule has 1 fully saturated rings. The zero-order valence-corrected chi connectivity index (χ0v) is 22.6. The van der Waals surface area contributed by atoms with Crippen LogP contribution in [0.4, 0.5) is 0 Å². The van der Waals surface area contributed by atoms with Crippen molar-refractivity contribution in [3.8, 4) is 21.9 Å². The van der Waals surface area contributed by atoms with Crippen LogP contribution in [0.2, 0.25) is 0 Å². The van der Waals surface area contributed by atoms with E-state index in [1.165, 1.54) is 57.6 Å². The maximum atomic E-state index is 9.90. The molecule has 5 aromatic rings. The highest BCUT2D eigenvalue weighted by Crippen LogP contribution is 2.45. The summed E-state index contributed by atoms with van der Waals surface area (Å²) >= 11 is 1.80. The average Bonchev–Trinajstić information content (AvgIpc) is 3.60. The van der Waals surface area contributed by atoms with Gasteiger partial charge in [-0.2, -0.15) is 0 Å². The lowest BCUT2D eigenvalue weighted by Gasteiger charge is -2.17. The van der Waals surface area contributed by atoms with Crippen molar-refractivity contribution in [3.05, 3.63) is 119 Å². The van der Waals surface area contributed by atoms with Gasteiger partial charge in [0.05, 0.1) is 0 Å².